The normalized spacial score (nSPS) is 17.4. The van der Waals surface area contributed by atoms with E-state index in [1.54, 1.807) is 0 Å². The number of fused-ring (bicyclic) bond motifs is 1. The first kappa shape index (κ1) is 24.6. The minimum absolute atomic E-state index is 0.0563. The number of hydrogen-bond acceptors (Lipinski definition) is 5. The van der Waals surface area contributed by atoms with Gasteiger partial charge in [-0.3, -0.25) is 4.99 Å². The number of aliphatic imine (C=N–C) groups is 1. The second-order valence-electron chi connectivity index (χ2n) is 9.79. The van der Waals surface area contributed by atoms with Crippen molar-refractivity contribution in [2.45, 2.75) is 71.0 Å². The number of nitrogens with two attached hydrogens (primary N) is 1. The van der Waals surface area contributed by atoms with Crippen molar-refractivity contribution < 1.29 is 9.47 Å². The van der Waals surface area contributed by atoms with Gasteiger partial charge in [-0.05, 0) is 71.5 Å². The van der Waals surface area contributed by atoms with Gasteiger partial charge >= 0.3 is 0 Å². The zero-order valence-corrected chi connectivity index (χ0v) is 19.8. The van der Waals surface area contributed by atoms with Gasteiger partial charge in [-0.25, -0.2) is 0 Å². The molecule has 0 spiro atoms. The first-order chi connectivity index (χ1) is 14.0. The van der Waals surface area contributed by atoms with Crippen molar-refractivity contribution in [1.82, 2.24) is 0 Å². The summed E-state index contributed by atoms with van der Waals surface area (Å²) in [6, 6.07) is 8.62. The quantitative estimate of drug-likeness (QED) is 0.503. The second-order valence-corrected chi connectivity index (χ2v) is 9.79. The highest BCUT2D eigenvalue weighted by atomic mass is 16.5. The summed E-state index contributed by atoms with van der Waals surface area (Å²) < 4.78 is 12.3. The summed E-state index contributed by atoms with van der Waals surface area (Å²) in [5.74, 6) is 0. The van der Waals surface area contributed by atoms with Crippen LogP contribution in [0.2, 0.25) is 0 Å². The van der Waals surface area contributed by atoms with Crippen LogP contribution in [-0.2, 0) is 14.9 Å². The first-order valence-corrected chi connectivity index (χ1v) is 11.0. The summed E-state index contributed by atoms with van der Waals surface area (Å²) in [4.78, 5) is 6.41. The molecule has 5 nitrogen and oxygen atoms in total. The van der Waals surface area contributed by atoms with Gasteiger partial charge in [0, 0.05) is 23.3 Å². The zero-order valence-electron chi connectivity index (χ0n) is 19.8. The number of rotatable bonds is 12. The van der Waals surface area contributed by atoms with E-state index in [1.165, 1.54) is 16.9 Å². The van der Waals surface area contributed by atoms with Crippen LogP contribution in [0.3, 0.4) is 0 Å². The second kappa shape index (κ2) is 10.1. The molecule has 1 aromatic carbocycles. The van der Waals surface area contributed by atoms with Crippen molar-refractivity contribution in [3.05, 3.63) is 41.6 Å². The predicted octanol–water partition coefficient (Wildman–Crippen LogP) is 4.70. The number of hydrogen-bond donors (Lipinski definition) is 1. The Balaban J connectivity index is 1.99. The van der Waals surface area contributed by atoms with Gasteiger partial charge in [0.1, 0.15) is 0 Å². The van der Waals surface area contributed by atoms with Crippen molar-refractivity contribution in [1.29, 1.82) is 0 Å². The van der Waals surface area contributed by atoms with Crippen molar-refractivity contribution >= 4 is 12.4 Å². The number of para-hydroxylation sites is 1. The third kappa shape index (κ3) is 6.16. The van der Waals surface area contributed by atoms with Crippen LogP contribution < -0.4 is 10.6 Å². The topological polar surface area (TPSA) is 60.1 Å². The molecular weight excluding hydrogens is 374 g/mol. The number of allylic oxidation sites excluding steroid dienone is 1. The lowest BCUT2D eigenvalue weighted by molar-refractivity contribution is -0.0717. The third-order valence-electron chi connectivity index (χ3n) is 5.96. The maximum absolute atomic E-state index is 6.29. The van der Waals surface area contributed by atoms with Crippen molar-refractivity contribution in [3.63, 3.8) is 0 Å². The molecule has 0 aliphatic carbocycles. The maximum atomic E-state index is 6.29. The number of nitrogens with zero attached hydrogens (tertiary/aromatic N) is 2. The molecule has 0 saturated heterocycles. The van der Waals surface area contributed by atoms with Crippen molar-refractivity contribution in [3.8, 4) is 0 Å². The lowest BCUT2D eigenvalue weighted by Crippen LogP contribution is -2.35. The van der Waals surface area contributed by atoms with E-state index in [2.05, 4.69) is 88.5 Å². The van der Waals surface area contributed by atoms with Gasteiger partial charge in [-0.15, -0.1) is 0 Å². The van der Waals surface area contributed by atoms with E-state index in [0.29, 0.717) is 26.3 Å². The van der Waals surface area contributed by atoms with Crippen LogP contribution in [0.1, 0.15) is 59.9 Å². The van der Waals surface area contributed by atoms with Gasteiger partial charge in [0.2, 0.25) is 0 Å². The van der Waals surface area contributed by atoms with E-state index in [-0.39, 0.29) is 16.6 Å². The fraction of sp³-hybridized carbons (Fsp3) is 0.640. The number of benzene rings is 1. The molecule has 0 amide bonds. The predicted molar refractivity (Wildman–Crippen MR) is 128 cm³/mol. The Morgan fingerprint density at radius 3 is 2.37 bits per heavy atom. The Morgan fingerprint density at radius 2 is 1.70 bits per heavy atom. The monoisotopic (exact) mass is 415 g/mol. The van der Waals surface area contributed by atoms with Crippen LogP contribution >= 0.6 is 0 Å². The summed E-state index contributed by atoms with van der Waals surface area (Å²) in [6.45, 7) is 20.0. The van der Waals surface area contributed by atoms with Crippen LogP contribution in [-0.4, -0.2) is 50.8 Å². The van der Waals surface area contributed by atoms with Crippen LogP contribution in [0.15, 0.2) is 41.0 Å². The first-order valence-electron chi connectivity index (χ1n) is 11.0. The molecule has 0 atom stereocenters. The third-order valence-corrected chi connectivity index (χ3v) is 5.96. The number of anilines is 1. The lowest BCUT2D eigenvalue weighted by Gasteiger charge is -2.31. The molecule has 1 aromatic rings. The minimum Gasteiger partial charge on any atom is -0.375 e. The smallest absolute Gasteiger partial charge is 0.0653 e. The van der Waals surface area contributed by atoms with Gasteiger partial charge < -0.3 is 20.1 Å². The van der Waals surface area contributed by atoms with E-state index < -0.39 is 0 Å². The molecule has 1 aliphatic heterocycles. The molecule has 168 valence electrons. The summed E-state index contributed by atoms with van der Waals surface area (Å²) in [6.07, 6.45) is 3.88. The van der Waals surface area contributed by atoms with Crippen LogP contribution in [0, 0.1) is 0 Å². The highest BCUT2D eigenvalue weighted by molar-refractivity contribution is 5.70. The molecule has 1 heterocycles. The molecule has 0 radical (unpaired) electrons. The van der Waals surface area contributed by atoms with Crippen LogP contribution in [0.25, 0.3) is 0 Å². The van der Waals surface area contributed by atoms with E-state index in [0.717, 1.165) is 19.4 Å². The molecular formula is C25H41N3O2. The molecule has 30 heavy (non-hydrogen) atoms. The molecule has 1 aliphatic rings. The van der Waals surface area contributed by atoms with E-state index >= 15 is 0 Å². The molecule has 0 bridgehead atoms. The van der Waals surface area contributed by atoms with Gasteiger partial charge in [0.15, 0.2) is 0 Å². The maximum Gasteiger partial charge on any atom is 0.0653 e. The Kier molecular flexibility index (Phi) is 8.26. The fourth-order valence-electron chi connectivity index (χ4n) is 4.08. The lowest BCUT2D eigenvalue weighted by atomic mass is 9.84. The van der Waals surface area contributed by atoms with Gasteiger partial charge in [0.25, 0.3) is 0 Å². The Labute approximate surface area is 183 Å². The summed E-state index contributed by atoms with van der Waals surface area (Å²) in [7, 11) is 0. The summed E-state index contributed by atoms with van der Waals surface area (Å²) in [5, 5.41) is 0. The molecule has 2 N–H and O–H groups in total. The van der Waals surface area contributed by atoms with Gasteiger partial charge in [-0.2, -0.15) is 0 Å². The standard InChI is InChI=1S/C25H41N3O2/c1-23(2,13-15-26)29-18-14-24(3,4)30-19-17-28-21-11-9-8-10-20(21)25(5,6)22(28)12-16-27-7/h8-12H,7,13-19,26H2,1-6H3/b22-12+. The van der Waals surface area contributed by atoms with E-state index in [1.807, 2.05) is 0 Å². The minimum atomic E-state index is -0.250. The molecule has 0 aromatic heterocycles. The van der Waals surface area contributed by atoms with Crippen LogP contribution in [0.4, 0.5) is 5.69 Å². The van der Waals surface area contributed by atoms with E-state index in [9.17, 15) is 0 Å². The SMILES string of the molecule is C=NC/C=C1/N(CCOC(C)(C)CCOC(C)(C)CCN)c2ccccc2C1(C)C. The molecule has 5 heteroatoms. The average molecular weight is 416 g/mol. The van der Waals surface area contributed by atoms with Crippen molar-refractivity contribution in [2.75, 3.05) is 37.7 Å². The average Bonchev–Trinajstić information content (AvgIpc) is 2.86. The summed E-state index contributed by atoms with van der Waals surface area (Å²) >= 11 is 0. The molecule has 0 saturated carbocycles. The molecule has 0 unspecified atom stereocenters. The zero-order chi connectivity index (χ0) is 22.4. The van der Waals surface area contributed by atoms with Crippen LogP contribution in [0.5, 0.6) is 0 Å². The fourth-order valence-corrected chi connectivity index (χ4v) is 4.08. The number of ether oxygens (including phenoxy) is 2. The van der Waals surface area contributed by atoms with Crippen molar-refractivity contribution in [2.24, 2.45) is 10.7 Å². The highest BCUT2D eigenvalue weighted by Crippen LogP contribution is 2.47. The Bertz CT molecular complexity index is 738. The Hall–Kier alpha value is -1.69. The van der Waals surface area contributed by atoms with E-state index in [4.69, 9.17) is 15.2 Å². The van der Waals surface area contributed by atoms with Gasteiger partial charge in [-0.1, -0.05) is 32.0 Å². The highest BCUT2D eigenvalue weighted by Gasteiger charge is 2.39. The summed E-state index contributed by atoms with van der Waals surface area (Å²) in [5.41, 5.74) is 9.04. The molecule has 0 fully saturated rings. The molecule has 2 rings (SSSR count). The Morgan fingerprint density at radius 1 is 1.07 bits per heavy atom. The largest absolute Gasteiger partial charge is 0.375 e. The van der Waals surface area contributed by atoms with Gasteiger partial charge in [0.05, 0.1) is 31.0 Å².